The van der Waals surface area contributed by atoms with Crippen LogP contribution in [0.1, 0.15) is 23.2 Å². The average Bonchev–Trinajstić information content (AvgIpc) is 2.74. The molecule has 0 radical (unpaired) electrons. The molecule has 10 heteroatoms. The number of likely N-dealkylation sites (tertiary alicyclic amines) is 1. The molecule has 0 aromatic heterocycles. The Morgan fingerprint density at radius 3 is 2.19 bits per heavy atom. The second kappa shape index (κ2) is 10.3. The fourth-order valence-electron chi connectivity index (χ4n) is 3.18. The van der Waals surface area contributed by atoms with E-state index >= 15 is 0 Å². The van der Waals surface area contributed by atoms with Crippen molar-refractivity contribution in [2.45, 2.75) is 12.8 Å². The molecule has 31 heavy (non-hydrogen) atoms. The molecule has 1 aliphatic heterocycles. The van der Waals surface area contributed by atoms with Gasteiger partial charge in [0.2, 0.25) is 0 Å². The van der Waals surface area contributed by atoms with Gasteiger partial charge in [-0.05, 0) is 49.2 Å². The van der Waals surface area contributed by atoms with Gasteiger partial charge in [0.05, 0.1) is 21.7 Å². The fraction of sp³-hybridized carbons (Fsp3) is 0.286. The Morgan fingerprint density at radius 2 is 1.61 bits per heavy atom. The number of rotatable bonds is 5. The summed E-state index contributed by atoms with van der Waals surface area (Å²) in [5, 5.41) is 3.14. The first-order chi connectivity index (χ1) is 14.7. The van der Waals surface area contributed by atoms with Crippen molar-refractivity contribution < 1.29 is 23.5 Å². The van der Waals surface area contributed by atoms with Gasteiger partial charge in [0.1, 0.15) is 5.82 Å². The van der Waals surface area contributed by atoms with Crippen molar-refractivity contribution in [3.05, 3.63) is 62.8 Å². The minimum Gasteiger partial charge on any atom is -0.455 e. The van der Waals surface area contributed by atoms with E-state index in [1.165, 1.54) is 36.4 Å². The fourth-order valence-corrected chi connectivity index (χ4v) is 4.10. The monoisotopic (exact) mass is 486 g/mol. The molecule has 2 amide bonds. The lowest BCUT2D eigenvalue weighted by molar-refractivity contribution is -0.152. The second-order valence-electron chi connectivity index (χ2n) is 6.97. The van der Waals surface area contributed by atoms with Crippen LogP contribution in [0.2, 0.25) is 15.1 Å². The first-order valence-electron chi connectivity index (χ1n) is 9.40. The van der Waals surface area contributed by atoms with Crippen LogP contribution in [-0.4, -0.2) is 42.4 Å². The van der Waals surface area contributed by atoms with Crippen molar-refractivity contribution in [3.63, 3.8) is 0 Å². The van der Waals surface area contributed by atoms with Gasteiger partial charge in [-0.1, -0.05) is 34.8 Å². The maximum atomic E-state index is 13.0. The molecule has 1 fully saturated rings. The van der Waals surface area contributed by atoms with E-state index in [0.717, 1.165) is 0 Å². The molecule has 0 spiro atoms. The highest BCUT2D eigenvalue weighted by atomic mass is 35.5. The van der Waals surface area contributed by atoms with Gasteiger partial charge in [-0.25, -0.2) is 4.39 Å². The van der Waals surface area contributed by atoms with Crippen LogP contribution in [0.5, 0.6) is 0 Å². The zero-order valence-corrected chi connectivity index (χ0v) is 18.4. The molecular formula is C21H18Cl3FN2O4. The molecule has 0 saturated carbocycles. The Balaban J connectivity index is 1.46. The van der Waals surface area contributed by atoms with Crippen LogP contribution in [-0.2, 0) is 14.3 Å². The van der Waals surface area contributed by atoms with Gasteiger partial charge in [0, 0.05) is 23.7 Å². The van der Waals surface area contributed by atoms with Crippen LogP contribution in [0, 0.1) is 11.7 Å². The summed E-state index contributed by atoms with van der Waals surface area (Å²) >= 11 is 17.9. The van der Waals surface area contributed by atoms with E-state index in [4.69, 9.17) is 39.5 Å². The number of nitrogens with zero attached hydrogens (tertiary/aromatic N) is 1. The molecule has 2 aromatic rings. The molecule has 0 unspecified atom stereocenters. The summed E-state index contributed by atoms with van der Waals surface area (Å²) in [6.45, 7) is 0.221. The number of halogens is 4. The quantitative estimate of drug-likeness (QED) is 0.614. The zero-order chi connectivity index (χ0) is 22.5. The highest BCUT2D eigenvalue weighted by molar-refractivity contribution is 6.42. The number of nitrogens with one attached hydrogen (secondary N) is 1. The molecule has 0 atom stereocenters. The second-order valence-corrected chi connectivity index (χ2v) is 8.22. The van der Waals surface area contributed by atoms with E-state index in [-0.39, 0.29) is 21.6 Å². The minimum absolute atomic E-state index is 0.162. The lowest BCUT2D eigenvalue weighted by atomic mass is 9.96. The summed E-state index contributed by atoms with van der Waals surface area (Å²) in [6, 6.07) is 8.17. The van der Waals surface area contributed by atoms with E-state index in [9.17, 15) is 18.8 Å². The number of piperidine rings is 1. The summed E-state index contributed by atoms with van der Waals surface area (Å²) in [7, 11) is 0. The van der Waals surface area contributed by atoms with Gasteiger partial charge in [-0.3, -0.25) is 14.4 Å². The Labute approximate surface area is 193 Å². The molecule has 0 aliphatic carbocycles. The maximum absolute atomic E-state index is 13.0. The summed E-state index contributed by atoms with van der Waals surface area (Å²) in [4.78, 5) is 38.5. The first kappa shape index (κ1) is 23.3. The van der Waals surface area contributed by atoms with E-state index in [1.54, 1.807) is 4.90 Å². The third-order valence-electron chi connectivity index (χ3n) is 4.82. The first-order valence-corrected chi connectivity index (χ1v) is 10.5. The minimum atomic E-state index is -0.594. The molecule has 1 aliphatic rings. The Morgan fingerprint density at radius 1 is 1.03 bits per heavy atom. The van der Waals surface area contributed by atoms with Crippen molar-refractivity contribution in [1.82, 2.24) is 4.90 Å². The topological polar surface area (TPSA) is 75.7 Å². The Kier molecular flexibility index (Phi) is 7.75. The summed E-state index contributed by atoms with van der Waals surface area (Å²) < 4.78 is 18.1. The summed E-state index contributed by atoms with van der Waals surface area (Å²) in [5.41, 5.74) is 0.569. The predicted octanol–water partition coefficient (Wildman–Crippen LogP) is 4.82. The van der Waals surface area contributed by atoms with E-state index < -0.39 is 30.2 Å². The van der Waals surface area contributed by atoms with Gasteiger partial charge in [0.15, 0.2) is 6.61 Å². The van der Waals surface area contributed by atoms with Gasteiger partial charge in [-0.15, -0.1) is 0 Å². The molecule has 1 N–H and O–H groups in total. The molecule has 2 aromatic carbocycles. The van der Waals surface area contributed by atoms with Crippen LogP contribution < -0.4 is 5.32 Å². The molecule has 0 bridgehead atoms. The molecule has 1 saturated heterocycles. The highest BCUT2D eigenvalue weighted by Gasteiger charge is 2.29. The maximum Gasteiger partial charge on any atom is 0.309 e. The summed E-state index contributed by atoms with van der Waals surface area (Å²) in [5.74, 6) is -2.17. The largest absolute Gasteiger partial charge is 0.455 e. The smallest absolute Gasteiger partial charge is 0.309 e. The van der Waals surface area contributed by atoms with Gasteiger partial charge < -0.3 is 15.0 Å². The molecule has 3 rings (SSSR count). The van der Waals surface area contributed by atoms with Gasteiger partial charge in [0.25, 0.3) is 11.8 Å². The number of esters is 1. The van der Waals surface area contributed by atoms with Crippen LogP contribution in [0.25, 0.3) is 0 Å². The number of ether oxygens (including phenoxy) is 1. The van der Waals surface area contributed by atoms with Crippen LogP contribution in [0.15, 0.2) is 36.4 Å². The lowest BCUT2D eigenvalue weighted by Crippen LogP contribution is -2.41. The number of hydrogen-bond donors (Lipinski definition) is 1. The van der Waals surface area contributed by atoms with Crippen molar-refractivity contribution >= 4 is 58.3 Å². The van der Waals surface area contributed by atoms with E-state index in [0.29, 0.717) is 36.5 Å². The van der Waals surface area contributed by atoms with Crippen molar-refractivity contribution in [2.75, 3.05) is 25.0 Å². The lowest BCUT2D eigenvalue weighted by Gasteiger charge is -2.31. The Bertz CT molecular complexity index is 970. The third-order valence-corrected chi connectivity index (χ3v) is 5.64. The van der Waals surface area contributed by atoms with Crippen LogP contribution in [0.3, 0.4) is 0 Å². The van der Waals surface area contributed by atoms with Crippen molar-refractivity contribution in [3.8, 4) is 0 Å². The van der Waals surface area contributed by atoms with E-state index in [1.807, 2.05) is 0 Å². The number of amides is 2. The van der Waals surface area contributed by atoms with Crippen molar-refractivity contribution in [2.24, 2.45) is 5.92 Å². The third kappa shape index (κ3) is 6.09. The SMILES string of the molecule is O=C(COC(=O)C1CCN(C(=O)c2ccc(F)cc2)CC1)Nc1c(Cl)cc(Cl)cc1Cl. The number of hydrogen-bond acceptors (Lipinski definition) is 4. The molecular weight excluding hydrogens is 470 g/mol. The normalized spacial score (nSPS) is 14.3. The highest BCUT2D eigenvalue weighted by Crippen LogP contribution is 2.33. The standard InChI is InChI=1S/C21H18Cl3FN2O4/c22-14-9-16(23)19(17(24)10-14)26-18(28)11-31-21(30)13-5-7-27(8-6-13)20(29)12-1-3-15(25)4-2-12/h1-4,9-10,13H,5-8,11H2,(H,26,28). The van der Waals surface area contributed by atoms with Gasteiger partial charge >= 0.3 is 5.97 Å². The number of carbonyl (C=O) groups is 3. The molecule has 164 valence electrons. The predicted molar refractivity (Wildman–Crippen MR) is 116 cm³/mol. The van der Waals surface area contributed by atoms with E-state index in [2.05, 4.69) is 5.32 Å². The number of anilines is 1. The summed E-state index contributed by atoms with van der Waals surface area (Å²) in [6.07, 6.45) is 0.810. The van der Waals surface area contributed by atoms with Crippen molar-refractivity contribution in [1.29, 1.82) is 0 Å². The Hall–Kier alpha value is -2.35. The number of benzene rings is 2. The van der Waals surface area contributed by atoms with Gasteiger partial charge in [-0.2, -0.15) is 0 Å². The van der Waals surface area contributed by atoms with Crippen LogP contribution >= 0.6 is 34.8 Å². The average molecular weight is 488 g/mol. The molecule has 1 heterocycles. The van der Waals surface area contributed by atoms with Crippen LogP contribution in [0.4, 0.5) is 10.1 Å². The zero-order valence-electron chi connectivity index (χ0n) is 16.2. The number of carbonyl (C=O) groups excluding carboxylic acids is 3. The molecule has 6 nitrogen and oxygen atoms in total.